The average Bonchev–Trinajstić information content (AvgIpc) is 2.60. The number of rotatable bonds is 6. The zero-order valence-electron chi connectivity index (χ0n) is 15.4. The molecule has 2 aromatic carbocycles. The second kappa shape index (κ2) is 7.79. The average molecular weight is 412 g/mol. The lowest BCUT2D eigenvalue weighted by Gasteiger charge is -2.16. The molecule has 9 heteroatoms. The molecule has 146 valence electrons. The van der Waals surface area contributed by atoms with E-state index in [-0.39, 0.29) is 15.4 Å². The summed E-state index contributed by atoms with van der Waals surface area (Å²) in [6.45, 7) is 3.27. The van der Waals surface area contributed by atoms with Crippen molar-refractivity contribution in [2.75, 3.05) is 13.4 Å². The summed E-state index contributed by atoms with van der Waals surface area (Å²) in [5.41, 5.74) is 1.22. The van der Waals surface area contributed by atoms with Crippen molar-refractivity contribution in [3.8, 4) is 0 Å². The lowest BCUT2D eigenvalue weighted by atomic mass is 10.1. The van der Waals surface area contributed by atoms with Gasteiger partial charge in [0.2, 0.25) is 10.0 Å². The molecule has 27 heavy (non-hydrogen) atoms. The molecule has 0 aliphatic heterocycles. The fourth-order valence-corrected chi connectivity index (χ4v) is 4.64. The fourth-order valence-electron chi connectivity index (χ4n) is 2.50. The lowest BCUT2D eigenvalue weighted by molar-refractivity contribution is 0.0600. The molecule has 0 saturated carbocycles. The van der Waals surface area contributed by atoms with E-state index in [1.807, 2.05) is 0 Å². The highest BCUT2D eigenvalue weighted by Crippen LogP contribution is 2.22. The Morgan fingerprint density at radius 3 is 2.15 bits per heavy atom. The molecule has 0 bridgehead atoms. The van der Waals surface area contributed by atoms with Gasteiger partial charge in [-0.25, -0.2) is 26.4 Å². The van der Waals surface area contributed by atoms with E-state index in [2.05, 4.69) is 9.46 Å². The van der Waals surface area contributed by atoms with E-state index >= 15 is 0 Å². The van der Waals surface area contributed by atoms with E-state index < -0.39 is 31.9 Å². The summed E-state index contributed by atoms with van der Waals surface area (Å²) in [7, 11) is -6.02. The summed E-state index contributed by atoms with van der Waals surface area (Å²) >= 11 is 0. The summed E-state index contributed by atoms with van der Waals surface area (Å²) in [6.07, 6.45) is 1.10. The van der Waals surface area contributed by atoms with Crippen LogP contribution in [0.5, 0.6) is 0 Å². The Labute approximate surface area is 159 Å². The van der Waals surface area contributed by atoms with E-state index in [0.717, 1.165) is 6.26 Å². The maximum atomic E-state index is 12.8. The number of hydrogen-bond acceptors (Lipinski definition) is 6. The third-order valence-electron chi connectivity index (χ3n) is 4.04. The Balaban J connectivity index is 2.32. The van der Waals surface area contributed by atoms with Crippen molar-refractivity contribution in [3.05, 3.63) is 59.2 Å². The van der Waals surface area contributed by atoms with Gasteiger partial charge in [-0.15, -0.1) is 0 Å². The first-order valence-electron chi connectivity index (χ1n) is 7.97. The topological polar surface area (TPSA) is 107 Å². The SMILES string of the molecule is COC(=O)c1ccc(C)c(S(=O)(=O)N[C@@H](C)c2ccc(S(C)(=O)=O)cc2)c1. The minimum atomic E-state index is -3.92. The summed E-state index contributed by atoms with van der Waals surface area (Å²) in [4.78, 5) is 11.8. The minimum Gasteiger partial charge on any atom is -0.465 e. The fraction of sp³-hybridized carbons (Fsp3) is 0.278. The van der Waals surface area contributed by atoms with Crippen LogP contribution in [0.4, 0.5) is 0 Å². The Morgan fingerprint density at radius 2 is 1.63 bits per heavy atom. The zero-order valence-corrected chi connectivity index (χ0v) is 17.0. The van der Waals surface area contributed by atoms with Gasteiger partial charge in [-0.05, 0) is 49.2 Å². The number of sulfone groups is 1. The quantitative estimate of drug-likeness (QED) is 0.731. The molecule has 1 N–H and O–H groups in total. The number of esters is 1. The predicted molar refractivity (Wildman–Crippen MR) is 101 cm³/mol. The highest BCUT2D eigenvalue weighted by Gasteiger charge is 2.22. The van der Waals surface area contributed by atoms with Crippen molar-refractivity contribution < 1.29 is 26.4 Å². The minimum absolute atomic E-state index is 0.0231. The molecular weight excluding hydrogens is 390 g/mol. The van der Waals surface area contributed by atoms with Crippen LogP contribution < -0.4 is 4.72 Å². The highest BCUT2D eigenvalue weighted by molar-refractivity contribution is 7.90. The van der Waals surface area contributed by atoms with Crippen LogP contribution in [0, 0.1) is 6.92 Å². The molecule has 0 aromatic heterocycles. The first kappa shape index (κ1) is 21.1. The molecule has 0 unspecified atom stereocenters. The summed E-state index contributed by atoms with van der Waals surface area (Å²) in [5, 5.41) is 0. The molecular formula is C18H21NO6S2. The van der Waals surface area contributed by atoms with Crippen LogP contribution in [0.15, 0.2) is 52.3 Å². The van der Waals surface area contributed by atoms with Crippen LogP contribution >= 0.6 is 0 Å². The van der Waals surface area contributed by atoms with Crippen molar-refractivity contribution in [1.29, 1.82) is 0 Å². The lowest BCUT2D eigenvalue weighted by Crippen LogP contribution is -2.27. The van der Waals surface area contributed by atoms with Crippen LogP contribution in [0.25, 0.3) is 0 Å². The second-order valence-corrected chi connectivity index (χ2v) is 9.85. The number of sulfonamides is 1. The van der Waals surface area contributed by atoms with Gasteiger partial charge in [0, 0.05) is 12.3 Å². The molecule has 0 amide bonds. The van der Waals surface area contributed by atoms with Crippen molar-refractivity contribution in [2.24, 2.45) is 0 Å². The van der Waals surface area contributed by atoms with Crippen molar-refractivity contribution >= 4 is 25.8 Å². The number of methoxy groups -OCH3 is 1. The molecule has 0 aliphatic carbocycles. The molecule has 2 aromatic rings. The van der Waals surface area contributed by atoms with Gasteiger partial charge < -0.3 is 4.74 Å². The Hall–Kier alpha value is -2.23. The largest absolute Gasteiger partial charge is 0.465 e. The van der Waals surface area contributed by atoms with Gasteiger partial charge >= 0.3 is 5.97 Å². The van der Waals surface area contributed by atoms with E-state index in [9.17, 15) is 21.6 Å². The molecule has 0 fully saturated rings. The number of aryl methyl sites for hydroxylation is 1. The smallest absolute Gasteiger partial charge is 0.337 e. The standard InChI is InChI=1S/C18H21NO6S2/c1-12-5-6-15(18(20)25-3)11-17(12)27(23,24)19-13(2)14-7-9-16(10-8-14)26(4,21)22/h5-11,13,19H,1-4H3/t13-/m0/s1. The third kappa shape index (κ3) is 4.94. The number of carbonyl (C=O) groups excluding carboxylic acids is 1. The molecule has 0 radical (unpaired) electrons. The van der Waals surface area contributed by atoms with Crippen LogP contribution in [0.2, 0.25) is 0 Å². The van der Waals surface area contributed by atoms with Crippen LogP contribution in [-0.2, 0) is 24.6 Å². The van der Waals surface area contributed by atoms with Gasteiger partial charge in [0.1, 0.15) is 0 Å². The van der Waals surface area contributed by atoms with Crippen molar-refractivity contribution in [3.63, 3.8) is 0 Å². The number of benzene rings is 2. The first-order chi connectivity index (χ1) is 12.5. The highest BCUT2D eigenvalue weighted by atomic mass is 32.2. The molecule has 0 spiro atoms. The van der Waals surface area contributed by atoms with E-state index in [1.165, 1.54) is 37.4 Å². The maximum Gasteiger partial charge on any atom is 0.337 e. The van der Waals surface area contributed by atoms with Gasteiger partial charge in [-0.2, -0.15) is 0 Å². The molecule has 1 atom stereocenters. The Bertz CT molecular complexity index is 1060. The number of carbonyl (C=O) groups is 1. The van der Waals surface area contributed by atoms with Gasteiger partial charge in [0.25, 0.3) is 0 Å². The van der Waals surface area contributed by atoms with Gasteiger partial charge in [0.05, 0.1) is 22.5 Å². The number of ether oxygens (including phenoxy) is 1. The van der Waals surface area contributed by atoms with Crippen LogP contribution in [0.3, 0.4) is 0 Å². The number of hydrogen-bond donors (Lipinski definition) is 1. The molecule has 0 aliphatic rings. The zero-order chi connectivity index (χ0) is 20.4. The Kier molecular flexibility index (Phi) is 6.08. The van der Waals surface area contributed by atoms with Gasteiger partial charge in [-0.3, -0.25) is 0 Å². The third-order valence-corrected chi connectivity index (χ3v) is 6.85. The van der Waals surface area contributed by atoms with Crippen molar-refractivity contribution in [2.45, 2.75) is 29.7 Å². The Morgan fingerprint density at radius 1 is 1.04 bits per heavy atom. The molecule has 0 saturated heterocycles. The summed E-state index contributed by atoms with van der Waals surface area (Å²) in [6, 6.07) is 9.66. The monoisotopic (exact) mass is 411 g/mol. The molecule has 2 rings (SSSR count). The van der Waals surface area contributed by atoms with Crippen LogP contribution in [-0.4, -0.2) is 36.2 Å². The van der Waals surface area contributed by atoms with E-state index in [1.54, 1.807) is 26.0 Å². The van der Waals surface area contributed by atoms with Crippen LogP contribution in [0.1, 0.15) is 34.5 Å². The van der Waals surface area contributed by atoms with Gasteiger partial charge in [0.15, 0.2) is 9.84 Å². The van der Waals surface area contributed by atoms with Crippen molar-refractivity contribution in [1.82, 2.24) is 4.72 Å². The molecule has 0 heterocycles. The summed E-state index contributed by atoms with van der Waals surface area (Å²) in [5.74, 6) is -0.629. The second-order valence-electron chi connectivity index (χ2n) is 6.16. The summed E-state index contributed by atoms with van der Waals surface area (Å²) < 4.78 is 55.8. The first-order valence-corrected chi connectivity index (χ1v) is 11.3. The molecule has 7 nitrogen and oxygen atoms in total. The predicted octanol–water partition coefficient (Wildman–Crippen LogP) is 2.22. The van der Waals surface area contributed by atoms with E-state index in [4.69, 9.17) is 0 Å². The maximum absolute atomic E-state index is 12.8. The van der Waals surface area contributed by atoms with Gasteiger partial charge in [-0.1, -0.05) is 18.2 Å². The number of nitrogens with one attached hydrogen (secondary N) is 1. The normalized spacial score (nSPS) is 13.2. The van der Waals surface area contributed by atoms with E-state index in [0.29, 0.717) is 11.1 Å².